The summed E-state index contributed by atoms with van der Waals surface area (Å²) in [6.45, 7) is 1.67. The molecule has 0 bridgehead atoms. The minimum atomic E-state index is -1.05. The fourth-order valence-corrected chi connectivity index (χ4v) is 1.54. The van der Waals surface area contributed by atoms with Gasteiger partial charge in [-0.1, -0.05) is 6.07 Å². The number of carboxylic acid groups (broad SMARTS) is 1. The lowest BCUT2D eigenvalue weighted by Crippen LogP contribution is -2.47. The number of likely N-dealkylation sites (N-methyl/N-ethyl adjacent to an activating group) is 1. The first-order valence-corrected chi connectivity index (χ1v) is 5.90. The van der Waals surface area contributed by atoms with Crippen molar-refractivity contribution in [2.45, 2.75) is 25.3 Å². The van der Waals surface area contributed by atoms with Gasteiger partial charge in [0.2, 0.25) is 5.82 Å². The van der Waals surface area contributed by atoms with Crippen LogP contribution in [0.4, 0.5) is 8.78 Å². The maximum Gasteiger partial charge on any atom is 0.323 e. The van der Waals surface area contributed by atoms with Gasteiger partial charge in [0, 0.05) is 0 Å². The van der Waals surface area contributed by atoms with E-state index in [1.165, 1.54) is 12.1 Å². The van der Waals surface area contributed by atoms with Crippen LogP contribution in [0.5, 0.6) is 5.75 Å². The Morgan fingerprint density at radius 1 is 1.47 bits per heavy atom. The molecule has 0 aliphatic carbocycles. The highest BCUT2D eigenvalue weighted by Gasteiger charge is 2.30. The number of ether oxygens (including phenoxy) is 1. The maximum absolute atomic E-state index is 13.3. The molecular formula is C13H17F2NO3. The van der Waals surface area contributed by atoms with Crippen molar-refractivity contribution in [2.75, 3.05) is 13.7 Å². The van der Waals surface area contributed by atoms with Crippen molar-refractivity contribution < 1.29 is 23.4 Å². The number of halogens is 2. The number of hydrogen-bond acceptors (Lipinski definition) is 3. The molecule has 1 atom stereocenters. The van der Waals surface area contributed by atoms with Crippen molar-refractivity contribution >= 4 is 5.97 Å². The van der Waals surface area contributed by atoms with E-state index in [-0.39, 0.29) is 12.4 Å². The molecule has 0 fully saturated rings. The highest BCUT2D eigenvalue weighted by atomic mass is 19.2. The van der Waals surface area contributed by atoms with E-state index in [4.69, 9.17) is 9.84 Å². The zero-order chi connectivity index (χ0) is 14.5. The van der Waals surface area contributed by atoms with Crippen LogP contribution in [0.3, 0.4) is 0 Å². The van der Waals surface area contributed by atoms with Gasteiger partial charge in [0.05, 0.1) is 6.61 Å². The molecule has 0 aromatic heterocycles. The van der Waals surface area contributed by atoms with Gasteiger partial charge >= 0.3 is 5.97 Å². The number of benzene rings is 1. The highest BCUT2D eigenvalue weighted by Crippen LogP contribution is 2.20. The van der Waals surface area contributed by atoms with Crippen LogP contribution in [0.2, 0.25) is 0 Å². The second-order valence-electron chi connectivity index (χ2n) is 4.39. The standard InChI is InChI=1S/C13H17F2NO3/c1-13(16-2,12(17)18)7-4-8-19-10-6-3-5-9(14)11(10)15/h3,5-6,16H,4,7-8H2,1-2H3,(H,17,18). The minimum absolute atomic E-state index is 0.116. The van der Waals surface area contributed by atoms with Crippen molar-refractivity contribution in [3.8, 4) is 5.75 Å². The van der Waals surface area contributed by atoms with Crippen LogP contribution >= 0.6 is 0 Å². The van der Waals surface area contributed by atoms with E-state index in [2.05, 4.69) is 5.32 Å². The van der Waals surface area contributed by atoms with Crippen molar-refractivity contribution in [2.24, 2.45) is 0 Å². The zero-order valence-corrected chi connectivity index (χ0v) is 10.9. The van der Waals surface area contributed by atoms with E-state index in [0.717, 1.165) is 6.07 Å². The van der Waals surface area contributed by atoms with E-state index in [0.29, 0.717) is 12.8 Å². The lowest BCUT2D eigenvalue weighted by molar-refractivity contribution is -0.144. The van der Waals surface area contributed by atoms with E-state index in [1.807, 2.05) is 0 Å². The Labute approximate surface area is 110 Å². The minimum Gasteiger partial charge on any atom is -0.490 e. The van der Waals surface area contributed by atoms with Crippen LogP contribution in [0.25, 0.3) is 0 Å². The average molecular weight is 273 g/mol. The Bertz CT molecular complexity index is 454. The van der Waals surface area contributed by atoms with Crippen LogP contribution in [0, 0.1) is 11.6 Å². The second-order valence-corrected chi connectivity index (χ2v) is 4.39. The molecule has 1 aromatic rings. The molecule has 2 N–H and O–H groups in total. The summed E-state index contributed by atoms with van der Waals surface area (Å²) in [4.78, 5) is 11.0. The molecular weight excluding hydrogens is 256 g/mol. The van der Waals surface area contributed by atoms with Crippen LogP contribution in [0.1, 0.15) is 19.8 Å². The molecule has 0 aliphatic rings. The first kappa shape index (κ1) is 15.4. The predicted octanol–water partition coefficient (Wildman–Crippen LogP) is 2.19. The monoisotopic (exact) mass is 273 g/mol. The third-order valence-corrected chi connectivity index (χ3v) is 3.02. The third kappa shape index (κ3) is 3.89. The topological polar surface area (TPSA) is 58.6 Å². The largest absolute Gasteiger partial charge is 0.490 e. The van der Waals surface area contributed by atoms with Gasteiger partial charge in [-0.15, -0.1) is 0 Å². The van der Waals surface area contributed by atoms with Gasteiger partial charge in [0.1, 0.15) is 5.54 Å². The number of carbonyl (C=O) groups is 1. The van der Waals surface area contributed by atoms with E-state index in [1.54, 1.807) is 14.0 Å². The molecule has 0 aliphatic heterocycles. The molecule has 4 nitrogen and oxygen atoms in total. The summed E-state index contributed by atoms with van der Waals surface area (Å²) < 4.78 is 31.2. The van der Waals surface area contributed by atoms with Crippen molar-refractivity contribution in [3.63, 3.8) is 0 Å². The maximum atomic E-state index is 13.3. The normalized spacial score (nSPS) is 13.9. The van der Waals surface area contributed by atoms with Crippen molar-refractivity contribution in [1.82, 2.24) is 5.32 Å². The van der Waals surface area contributed by atoms with E-state index in [9.17, 15) is 13.6 Å². The van der Waals surface area contributed by atoms with Crippen LogP contribution in [-0.4, -0.2) is 30.3 Å². The summed E-state index contributed by atoms with van der Waals surface area (Å²) in [5, 5.41) is 11.7. The quantitative estimate of drug-likeness (QED) is 0.748. The second kappa shape index (κ2) is 6.47. The van der Waals surface area contributed by atoms with Gasteiger partial charge in [0.15, 0.2) is 11.6 Å². The summed E-state index contributed by atoms with van der Waals surface area (Å²) >= 11 is 0. The molecule has 1 unspecified atom stereocenters. The van der Waals surface area contributed by atoms with Gasteiger partial charge in [0.25, 0.3) is 0 Å². The molecule has 0 heterocycles. The average Bonchev–Trinajstić information content (AvgIpc) is 2.38. The Morgan fingerprint density at radius 3 is 2.74 bits per heavy atom. The summed E-state index contributed by atoms with van der Waals surface area (Å²) in [5.41, 5.74) is -1.05. The molecule has 106 valence electrons. The molecule has 1 aromatic carbocycles. The predicted molar refractivity (Wildman–Crippen MR) is 66.2 cm³/mol. The lowest BCUT2D eigenvalue weighted by atomic mass is 9.96. The molecule has 0 saturated heterocycles. The number of hydrogen-bond donors (Lipinski definition) is 2. The SMILES string of the molecule is CNC(C)(CCCOc1cccc(F)c1F)C(=O)O. The van der Waals surface area contributed by atoms with E-state index < -0.39 is 23.1 Å². The van der Waals surface area contributed by atoms with Crippen molar-refractivity contribution in [1.29, 1.82) is 0 Å². The number of rotatable bonds is 7. The molecule has 0 spiro atoms. The van der Waals surface area contributed by atoms with Crippen LogP contribution in [0.15, 0.2) is 18.2 Å². The number of nitrogens with one attached hydrogen (secondary N) is 1. The summed E-state index contributed by atoms with van der Waals surface area (Å²) in [6.07, 6.45) is 0.718. The lowest BCUT2D eigenvalue weighted by Gasteiger charge is -2.23. The van der Waals surface area contributed by atoms with E-state index >= 15 is 0 Å². The number of carboxylic acids is 1. The van der Waals surface area contributed by atoms with Crippen LogP contribution < -0.4 is 10.1 Å². The Hall–Kier alpha value is -1.69. The Balaban J connectivity index is 2.47. The van der Waals surface area contributed by atoms with Gasteiger partial charge in [-0.05, 0) is 38.9 Å². The Kier molecular flexibility index (Phi) is 5.23. The Morgan fingerprint density at radius 2 is 2.16 bits per heavy atom. The fraction of sp³-hybridized carbons (Fsp3) is 0.462. The van der Waals surface area contributed by atoms with Gasteiger partial charge in [-0.3, -0.25) is 4.79 Å². The number of aliphatic carboxylic acids is 1. The zero-order valence-electron chi connectivity index (χ0n) is 10.9. The first-order valence-electron chi connectivity index (χ1n) is 5.90. The molecule has 0 radical (unpaired) electrons. The first-order chi connectivity index (χ1) is 8.90. The van der Waals surface area contributed by atoms with Crippen molar-refractivity contribution in [3.05, 3.63) is 29.8 Å². The van der Waals surface area contributed by atoms with Gasteiger partial charge in [-0.25, -0.2) is 4.39 Å². The van der Waals surface area contributed by atoms with Crippen LogP contribution in [-0.2, 0) is 4.79 Å². The summed E-state index contributed by atoms with van der Waals surface area (Å²) in [5.74, 6) is -3.13. The highest BCUT2D eigenvalue weighted by molar-refractivity contribution is 5.78. The molecule has 0 saturated carbocycles. The third-order valence-electron chi connectivity index (χ3n) is 3.02. The fourth-order valence-electron chi connectivity index (χ4n) is 1.54. The summed E-state index contributed by atoms with van der Waals surface area (Å²) in [6, 6.07) is 3.68. The summed E-state index contributed by atoms with van der Waals surface area (Å²) in [7, 11) is 1.56. The smallest absolute Gasteiger partial charge is 0.323 e. The molecule has 1 rings (SSSR count). The van der Waals surface area contributed by atoms with Gasteiger partial charge in [-0.2, -0.15) is 4.39 Å². The molecule has 19 heavy (non-hydrogen) atoms. The molecule has 6 heteroatoms. The van der Waals surface area contributed by atoms with Gasteiger partial charge < -0.3 is 15.2 Å². The molecule has 0 amide bonds.